The van der Waals surface area contributed by atoms with Crippen LogP contribution in [0.25, 0.3) is 0 Å². The van der Waals surface area contributed by atoms with Gasteiger partial charge in [0.15, 0.2) is 0 Å². The van der Waals surface area contributed by atoms with Crippen molar-refractivity contribution in [1.29, 1.82) is 0 Å². The summed E-state index contributed by atoms with van der Waals surface area (Å²) in [6.45, 7) is 4.40. The molecule has 0 aromatic rings. The normalized spacial score (nSPS) is 17.6. The molecule has 1 rings (SSSR count). The van der Waals surface area contributed by atoms with E-state index in [9.17, 15) is 4.79 Å². The molecule has 0 aromatic heterocycles. The minimum atomic E-state index is -0.411. The minimum Gasteiger partial charge on any atom is -0.365 e. The van der Waals surface area contributed by atoms with Crippen molar-refractivity contribution in [1.82, 2.24) is 0 Å². The van der Waals surface area contributed by atoms with Gasteiger partial charge in [0.25, 0.3) is 0 Å². The van der Waals surface area contributed by atoms with Gasteiger partial charge in [-0.2, -0.15) is 0 Å². The van der Waals surface area contributed by atoms with E-state index >= 15 is 0 Å². The highest BCUT2D eigenvalue weighted by atomic mass is 16.7. The topological polar surface area (TPSA) is 51.0 Å². The lowest BCUT2D eigenvalue weighted by Crippen LogP contribution is -2.26. The lowest BCUT2D eigenvalue weighted by molar-refractivity contribution is -0.126. The zero-order valence-corrected chi connectivity index (χ0v) is 17.4. The Kier molecular flexibility index (Phi) is 14.5. The molecule has 26 heavy (non-hydrogen) atoms. The van der Waals surface area contributed by atoms with Crippen LogP contribution >= 0.6 is 0 Å². The molecule has 1 amide bonds. The second-order valence-electron chi connectivity index (χ2n) is 7.95. The third kappa shape index (κ3) is 10.9. The molecular weight excluding hydrogens is 324 g/mol. The van der Waals surface area contributed by atoms with Crippen LogP contribution in [-0.2, 0) is 9.63 Å². The molecule has 0 aliphatic carbocycles. The largest absolute Gasteiger partial charge is 0.365 e. The second-order valence-corrected chi connectivity index (χ2v) is 7.95. The molecule has 2 atom stereocenters. The first-order valence-corrected chi connectivity index (χ1v) is 11.4. The molecule has 0 aromatic carbocycles. The predicted molar refractivity (Wildman–Crippen MR) is 108 cm³/mol. The first-order chi connectivity index (χ1) is 12.8. The van der Waals surface area contributed by atoms with Crippen molar-refractivity contribution in [3.8, 4) is 0 Å². The van der Waals surface area contributed by atoms with E-state index < -0.39 is 6.10 Å². The molecule has 1 heterocycles. The molecule has 0 saturated heterocycles. The van der Waals surface area contributed by atoms with Gasteiger partial charge in [-0.15, -0.1) is 0 Å². The summed E-state index contributed by atoms with van der Waals surface area (Å²) >= 11 is 0. The summed E-state index contributed by atoms with van der Waals surface area (Å²) in [5.41, 5.74) is 0. The van der Waals surface area contributed by atoms with E-state index in [1.54, 1.807) is 0 Å². The lowest BCUT2D eigenvalue weighted by Gasteiger charge is -2.17. The summed E-state index contributed by atoms with van der Waals surface area (Å²) in [4.78, 5) is 16.7. The maximum Gasteiger partial charge on any atom is 0.311 e. The van der Waals surface area contributed by atoms with Gasteiger partial charge in [-0.05, 0) is 12.8 Å². The molecular formula is C22H42N2O2. The van der Waals surface area contributed by atoms with Crippen LogP contribution in [0.3, 0.4) is 0 Å². The second kappa shape index (κ2) is 16.3. The number of unbranched alkanes of at least 4 members (excludes halogenated alkanes) is 14. The third-order valence-corrected chi connectivity index (χ3v) is 5.67. The number of rotatable bonds is 18. The van der Waals surface area contributed by atoms with Crippen LogP contribution in [0.5, 0.6) is 0 Å². The van der Waals surface area contributed by atoms with Gasteiger partial charge in [0.1, 0.15) is 0 Å². The van der Waals surface area contributed by atoms with Gasteiger partial charge in [0.2, 0.25) is 6.10 Å². The first-order valence-electron chi connectivity index (χ1n) is 11.4. The average Bonchev–Trinajstić information content (AvgIpc) is 3.07. The van der Waals surface area contributed by atoms with Crippen LogP contribution < -0.4 is 0 Å². The molecule has 0 saturated carbocycles. The van der Waals surface area contributed by atoms with Crippen molar-refractivity contribution in [2.24, 2.45) is 16.3 Å². The molecule has 0 spiro atoms. The van der Waals surface area contributed by atoms with E-state index in [2.05, 4.69) is 24.2 Å². The fourth-order valence-electron chi connectivity index (χ4n) is 3.85. The Morgan fingerprint density at radius 2 is 1.23 bits per heavy atom. The third-order valence-electron chi connectivity index (χ3n) is 5.67. The highest BCUT2D eigenvalue weighted by molar-refractivity contribution is 5.82. The molecule has 0 fully saturated rings. The van der Waals surface area contributed by atoms with Crippen LogP contribution in [0.4, 0.5) is 0 Å². The minimum absolute atomic E-state index is 0.196. The van der Waals surface area contributed by atoms with Gasteiger partial charge in [0, 0.05) is 11.2 Å². The number of amides is 1. The van der Waals surface area contributed by atoms with Crippen molar-refractivity contribution in [2.75, 3.05) is 0 Å². The highest BCUT2D eigenvalue weighted by Crippen LogP contribution is 2.24. The van der Waals surface area contributed by atoms with Gasteiger partial charge in [0.05, 0.1) is 0 Å². The van der Waals surface area contributed by atoms with Gasteiger partial charge in [-0.3, -0.25) is 4.79 Å². The number of hydrogen-bond donors (Lipinski definition) is 0. The summed E-state index contributed by atoms with van der Waals surface area (Å²) < 4.78 is 0. The van der Waals surface area contributed by atoms with Crippen LogP contribution in [0, 0.1) is 5.92 Å². The van der Waals surface area contributed by atoms with E-state index in [0.29, 0.717) is 0 Å². The molecule has 1 aliphatic rings. The summed E-state index contributed by atoms with van der Waals surface area (Å²) in [7, 11) is 0. The maximum absolute atomic E-state index is 11.5. The lowest BCUT2D eigenvalue weighted by atomic mass is 9.92. The SMILES string of the molecule is CCCCCCCCCCCCCCCCCC(CC)C1ON=NC1=O. The first kappa shape index (κ1) is 23.1. The Labute approximate surface area is 161 Å². The highest BCUT2D eigenvalue weighted by Gasteiger charge is 2.32. The van der Waals surface area contributed by atoms with Crippen LogP contribution in [0.1, 0.15) is 123 Å². The standard InChI is InChI=1S/C22H42N2O2/c1-3-5-6-7-8-9-10-11-12-13-14-15-16-17-18-19-20(4-2)21-22(25)23-24-26-21/h20-21H,3-19H2,1-2H3. The molecule has 4 heteroatoms. The van der Waals surface area contributed by atoms with Crippen LogP contribution in [-0.4, -0.2) is 12.0 Å². The Balaban J connectivity index is 1.81. The van der Waals surface area contributed by atoms with E-state index in [1.807, 2.05) is 0 Å². The molecule has 0 bridgehead atoms. The fourth-order valence-corrected chi connectivity index (χ4v) is 3.85. The summed E-state index contributed by atoms with van der Waals surface area (Å²) in [6.07, 6.45) is 22.3. The average molecular weight is 367 g/mol. The van der Waals surface area contributed by atoms with E-state index in [4.69, 9.17) is 4.84 Å². The Morgan fingerprint density at radius 3 is 1.62 bits per heavy atom. The van der Waals surface area contributed by atoms with Crippen molar-refractivity contribution in [3.63, 3.8) is 0 Å². The monoisotopic (exact) mass is 366 g/mol. The summed E-state index contributed by atoms with van der Waals surface area (Å²) in [6, 6.07) is 0. The van der Waals surface area contributed by atoms with Gasteiger partial charge < -0.3 is 4.84 Å². The fraction of sp³-hybridized carbons (Fsp3) is 0.955. The molecule has 2 unspecified atom stereocenters. The van der Waals surface area contributed by atoms with E-state index in [-0.39, 0.29) is 11.8 Å². The number of nitrogens with zero attached hydrogens (tertiary/aromatic N) is 2. The molecule has 152 valence electrons. The molecule has 4 nitrogen and oxygen atoms in total. The predicted octanol–water partition coefficient (Wildman–Crippen LogP) is 7.57. The molecule has 0 N–H and O–H groups in total. The zero-order valence-electron chi connectivity index (χ0n) is 17.4. The Morgan fingerprint density at radius 1 is 0.769 bits per heavy atom. The van der Waals surface area contributed by atoms with Gasteiger partial charge in [-0.25, -0.2) is 0 Å². The number of carbonyl (C=O) groups excluding carboxylic acids is 1. The molecule has 0 radical (unpaired) electrons. The number of hydrogen-bond acceptors (Lipinski definition) is 3. The van der Waals surface area contributed by atoms with E-state index in [0.717, 1.165) is 12.8 Å². The van der Waals surface area contributed by atoms with Crippen molar-refractivity contribution in [2.45, 2.75) is 129 Å². The van der Waals surface area contributed by atoms with Gasteiger partial charge >= 0.3 is 5.91 Å². The van der Waals surface area contributed by atoms with Gasteiger partial charge in [-0.1, -0.05) is 115 Å². The van der Waals surface area contributed by atoms with E-state index in [1.165, 1.54) is 96.3 Å². The summed E-state index contributed by atoms with van der Waals surface area (Å²) in [5.74, 6) is 0.0808. The quantitative estimate of drug-likeness (QED) is 0.235. The number of carbonyl (C=O) groups is 1. The molecule has 1 aliphatic heterocycles. The van der Waals surface area contributed by atoms with Crippen molar-refractivity contribution in [3.05, 3.63) is 0 Å². The Bertz CT molecular complexity index is 371. The van der Waals surface area contributed by atoms with Crippen LogP contribution in [0.2, 0.25) is 0 Å². The smallest absolute Gasteiger partial charge is 0.311 e. The van der Waals surface area contributed by atoms with Crippen LogP contribution in [0.15, 0.2) is 10.4 Å². The Hall–Kier alpha value is -0.930. The maximum atomic E-state index is 11.5. The van der Waals surface area contributed by atoms with Crippen molar-refractivity contribution >= 4 is 5.91 Å². The van der Waals surface area contributed by atoms with Crippen molar-refractivity contribution < 1.29 is 9.63 Å². The zero-order chi connectivity index (χ0) is 18.9. The summed E-state index contributed by atoms with van der Waals surface area (Å²) in [5, 5.41) is 6.88.